The van der Waals surface area contributed by atoms with E-state index in [-0.39, 0.29) is 11.7 Å². The molecule has 0 radical (unpaired) electrons. The van der Waals surface area contributed by atoms with Crippen LogP contribution in [-0.4, -0.2) is 26.3 Å². The molecular formula is C18H21ClN4O3. The summed E-state index contributed by atoms with van der Waals surface area (Å²) in [4.78, 5) is 37.4. The van der Waals surface area contributed by atoms with Crippen LogP contribution in [0.15, 0.2) is 33.9 Å². The Kier molecular flexibility index (Phi) is 5.56. The zero-order valence-electron chi connectivity index (χ0n) is 14.6. The van der Waals surface area contributed by atoms with Crippen LogP contribution in [0.1, 0.15) is 49.0 Å². The first-order chi connectivity index (χ1) is 12.5. The van der Waals surface area contributed by atoms with Gasteiger partial charge >= 0.3 is 5.69 Å². The molecule has 8 heteroatoms. The molecular weight excluding hydrogens is 356 g/mol. The van der Waals surface area contributed by atoms with Gasteiger partial charge in [0.05, 0.1) is 5.69 Å². The number of halogens is 1. The third-order valence-corrected chi connectivity index (χ3v) is 4.90. The van der Waals surface area contributed by atoms with Gasteiger partial charge in [0.1, 0.15) is 0 Å². The van der Waals surface area contributed by atoms with Crippen molar-refractivity contribution < 1.29 is 4.79 Å². The Morgan fingerprint density at radius 1 is 1.12 bits per heavy atom. The highest BCUT2D eigenvalue weighted by atomic mass is 35.5. The summed E-state index contributed by atoms with van der Waals surface area (Å²) in [6.45, 7) is 0. The van der Waals surface area contributed by atoms with E-state index in [1.165, 1.54) is 7.05 Å². The number of carbonyl (C=O) groups excluding carboxylic acids is 1. The topological polar surface area (TPSA) is 86.0 Å². The minimum atomic E-state index is -0.702. The van der Waals surface area contributed by atoms with Crippen LogP contribution in [0.4, 0.5) is 0 Å². The smallest absolute Gasteiger partial charge is 0.348 e. The highest BCUT2D eigenvalue weighted by molar-refractivity contribution is 6.30. The van der Waals surface area contributed by atoms with E-state index in [0.717, 1.165) is 47.8 Å². The molecule has 1 aromatic carbocycles. The van der Waals surface area contributed by atoms with Crippen LogP contribution in [0.3, 0.4) is 0 Å². The first-order valence-electron chi connectivity index (χ1n) is 8.74. The zero-order chi connectivity index (χ0) is 18.7. The van der Waals surface area contributed by atoms with Crippen molar-refractivity contribution in [3.8, 4) is 5.69 Å². The van der Waals surface area contributed by atoms with Gasteiger partial charge in [-0.05, 0) is 37.1 Å². The number of aromatic nitrogens is 3. The zero-order valence-corrected chi connectivity index (χ0v) is 15.3. The van der Waals surface area contributed by atoms with Crippen LogP contribution < -0.4 is 16.6 Å². The summed E-state index contributed by atoms with van der Waals surface area (Å²) in [5.74, 6) is -0.541. The lowest BCUT2D eigenvalue weighted by molar-refractivity contribution is 0.0923. The minimum absolute atomic E-state index is 0.0346. The highest BCUT2D eigenvalue weighted by Gasteiger charge is 2.22. The number of nitrogens with one attached hydrogen (secondary N) is 1. The summed E-state index contributed by atoms with van der Waals surface area (Å²) >= 11 is 5.87. The van der Waals surface area contributed by atoms with Crippen molar-refractivity contribution in [1.29, 1.82) is 0 Å². The summed E-state index contributed by atoms with van der Waals surface area (Å²) < 4.78 is 1.93. The van der Waals surface area contributed by atoms with E-state index in [9.17, 15) is 14.4 Å². The van der Waals surface area contributed by atoms with Crippen LogP contribution in [0.2, 0.25) is 5.02 Å². The molecule has 0 spiro atoms. The lowest BCUT2D eigenvalue weighted by Crippen LogP contribution is -2.46. The van der Waals surface area contributed by atoms with Gasteiger partial charge in [0.15, 0.2) is 0 Å². The summed E-state index contributed by atoms with van der Waals surface area (Å²) in [6.07, 6.45) is 6.22. The molecule has 26 heavy (non-hydrogen) atoms. The van der Waals surface area contributed by atoms with Gasteiger partial charge in [-0.2, -0.15) is 9.78 Å². The van der Waals surface area contributed by atoms with Gasteiger partial charge in [-0.25, -0.2) is 4.79 Å². The molecule has 3 rings (SSSR count). The van der Waals surface area contributed by atoms with E-state index in [4.69, 9.17) is 11.6 Å². The van der Waals surface area contributed by atoms with Gasteiger partial charge < -0.3 is 5.32 Å². The Bertz CT molecular complexity index is 910. The number of rotatable bonds is 3. The van der Waals surface area contributed by atoms with E-state index in [1.807, 2.05) is 0 Å². The molecule has 2 aromatic rings. The maximum absolute atomic E-state index is 12.6. The minimum Gasteiger partial charge on any atom is -0.348 e. The largest absolute Gasteiger partial charge is 0.351 e. The standard InChI is InChI=1S/C18H21ClN4O3/c1-22-17(25)15(16(24)20-13-6-4-2-3-5-7-13)21-23(18(22)26)14-10-8-12(19)9-11-14/h8-11,13H,2-7H2,1H3,(H,20,24). The van der Waals surface area contributed by atoms with E-state index in [1.54, 1.807) is 24.3 Å². The molecule has 1 aromatic heterocycles. The maximum Gasteiger partial charge on any atom is 0.351 e. The van der Waals surface area contributed by atoms with Crippen LogP contribution in [-0.2, 0) is 7.05 Å². The lowest BCUT2D eigenvalue weighted by atomic mass is 10.1. The van der Waals surface area contributed by atoms with E-state index in [0.29, 0.717) is 10.7 Å². The predicted octanol–water partition coefficient (Wildman–Crippen LogP) is 2.04. The number of benzene rings is 1. The summed E-state index contributed by atoms with van der Waals surface area (Å²) in [5, 5.41) is 7.45. The van der Waals surface area contributed by atoms with Gasteiger partial charge in [-0.1, -0.05) is 37.3 Å². The fraction of sp³-hybridized carbons (Fsp3) is 0.444. The van der Waals surface area contributed by atoms with Crippen molar-refractivity contribution >= 4 is 17.5 Å². The second-order valence-electron chi connectivity index (χ2n) is 6.55. The first kappa shape index (κ1) is 18.4. The Balaban J connectivity index is 1.96. The molecule has 0 saturated heterocycles. The molecule has 1 amide bonds. The van der Waals surface area contributed by atoms with Gasteiger partial charge in [0.2, 0.25) is 5.69 Å². The average Bonchev–Trinajstić information content (AvgIpc) is 2.89. The molecule has 1 saturated carbocycles. The highest BCUT2D eigenvalue weighted by Crippen LogP contribution is 2.17. The van der Waals surface area contributed by atoms with Crippen LogP contribution in [0.25, 0.3) is 5.69 Å². The molecule has 0 unspecified atom stereocenters. The fourth-order valence-corrected chi connectivity index (χ4v) is 3.27. The Morgan fingerprint density at radius 2 is 1.73 bits per heavy atom. The lowest BCUT2D eigenvalue weighted by Gasteiger charge is -2.16. The summed E-state index contributed by atoms with van der Waals surface area (Å²) in [7, 11) is 1.33. The van der Waals surface area contributed by atoms with Crippen molar-refractivity contribution in [2.75, 3.05) is 0 Å². The van der Waals surface area contributed by atoms with Gasteiger partial charge in [-0.3, -0.25) is 14.2 Å². The van der Waals surface area contributed by atoms with E-state index >= 15 is 0 Å². The van der Waals surface area contributed by atoms with Gasteiger partial charge in [-0.15, -0.1) is 0 Å². The van der Waals surface area contributed by atoms with Crippen LogP contribution >= 0.6 is 11.6 Å². The molecule has 0 atom stereocenters. The predicted molar refractivity (Wildman–Crippen MR) is 99.0 cm³/mol. The molecule has 1 heterocycles. The SMILES string of the molecule is Cn1c(=O)c(C(=O)NC2CCCCCC2)nn(-c2ccc(Cl)cc2)c1=O. The van der Waals surface area contributed by atoms with Crippen LogP contribution in [0, 0.1) is 0 Å². The Labute approximate surface area is 155 Å². The van der Waals surface area contributed by atoms with Crippen molar-refractivity contribution in [2.45, 2.75) is 44.6 Å². The molecule has 138 valence electrons. The number of hydrogen-bond acceptors (Lipinski definition) is 4. The summed E-state index contributed by atoms with van der Waals surface area (Å²) in [5.41, 5.74) is -1.18. The Hall–Kier alpha value is -2.41. The fourth-order valence-electron chi connectivity index (χ4n) is 3.14. The van der Waals surface area contributed by atoms with Crippen molar-refractivity contribution in [1.82, 2.24) is 19.7 Å². The van der Waals surface area contributed by atoms with Crippen molar-refractivity contribution in [3.05, 3.63) is 55.8 Å². The maximum atomic E-state index is 12.6. The molecule has 0 aliphatic heterocycles. The van der Waals surface area contributed by atoms with E-state index < -0.39 is 17.2 Å². The van der Waals surface area contributed by atoms with E-state index in [2.05, 4.69) is 10.4 Å². The number of nitrogens with zero attached hydrogens (tertiary/aromatic N) is 3. The Morgan fingerprint density at radius 3 is 2.35 bits per heavy atom. The molecule has 1 N–H and O–H groups in total. The molecule has 1 aliphatic rings. The van der Waals surface area contributed by atoms with Crippen molar-refractivity contribution in [3.63, 3.8) is 0 Å². The first-order valence-corrected chi connectivity index (χ1v) is 9.12. The molecule has 0 bridgehead atoms. The molecule has 7 nitrogen and oxygen atoms in total. The quantitative estimate of drug-likeness (QED) is 0.830. The second-order valence-corrected chi connectivity index (χ2v) is 6.98. The van der Waals surface area contributed by atoms with Gasteiger partial charge in [0.25, 0.3) is 11.5 Å². The number of amides is 1. The third kappa shape index (κ3) is 3.88. The van der Waals surface area contributed by atoms with Crippen molar-refractivity contribution in [2.24, 2.45) is 7.05 Å². The summed E-state index contributed by atoms with van der Waals surface area (Å²) in [6, 6.07) is 6.47. The second kappa shape index (κ2) is 7.86. The average molecular weight is 377 g/mol. The third-order valence-electron chi connectivity index (χ3n) is 4.65. The molecule has 1 aliphatic carbocycles. The normalized spacial score (nSPS) is 15.5. The number of carbonyl (C=O) groups is 1. The van der Waals surface area contributed by atoms with Crippen LogP contribution in [0.5, 0.6) is 0 Å². The molecule has 1 fully saturated rings. The number of hydrogen-bond donors (Lipinski definition) is 1. The monoisotopic (exact) mass is 376 g/mol. The van der Waals surface area contributed by atoms with Gasteiger partial charge in [0, 0.05) is 18.1 Å².